The molecule has 0 aliphatic carbocycles. The lowest BCUT2D eigenvalue weighted by molar-refractivity contribution is -0.137. The molecule has 0 aromatic carbocycles. The molecule has 4 nitrogen and oxygen atoms in total. The van der Waals surface area contributed by atoms with E-state index in [-0.39, 0.29) is 5.97 Å². The fraction of sp³-hybridized carbons (Fsp3) is 0.500. The van der Waals surface area contributed by atoms with Crippen LogP contribution in [0.2, 0.25) is 0 Å². The van der Waals surface area contributed by atoms with Crippen LogP contribution < -0.4 is 0 Å². The maximum Gasteiger partial charge on any atom is 0.330 e. The van der Waals surface area contributed by atoms with E-state index in [1.807, 2.05) is 10.8 Å². The van der Waals surface area contributed by atoms with Crippen molar-refractivity contribution in [1.82, 2.24) is 9.55 Å². The Balaban J connectivity index is 2.47. The number of esters is 1. The van der Waals surface area contributed by atoms with Gasteiger partial charge in [-0.05, 0) is 13.3 Å². The third kappa shape index (κ3) is 3.88. The summed E-state index contributed by atoms with van der Waals surface area (Å²) in [5.41, 5.74) is 0. The van der Waals surface area contributed by atoms with E-state index < -0.39 is 0 Å². The van der Waals surface area contributed by atoms with Crippen LogP contribution in [-0.4, -0.2) is 22.1 Å². The Morgan fingerprint density at radius 3 is 3.06 bits per heavy atom. The van der Waals surface area contributed by atoms with Crippen LogP contribution in [0.5, 0.6) is 0 Å². The first-order valence-electron chi connectivity index (χ1n) is 5.61. The first-order valence-corrected chi connectivity index (χ1v) is 5.61. The number of carbonyl (C=O) groups is 1. The Morgan fingerprint density at radius 1 is 1.56 bits per heavy atom. The van der Waals surface area contributed by atoms with Crippen LogP contribution in [0.1, 0.15) is 26.1 Å². The number of rotatable bonds is 6. The van der Waals surface area contributed by atoms with Gasteiger partial charge in [-0.1, -0.05) is 13.0 Å². The number of carbonyl (C=O) groups excluding carboxylic acids is 1. The lowest BCUT2D eigenvalue weighted by Gasteiger charge is -2.02. The second kappa shape index (κ2) is 6.82. The lowest BCUT2D eigenvalue weighted by Crippen LogP contribution is -2.03. The zero-order valence-electron chi connectivity index (χ0n) is 9.85. The molecule has 88 valence electrons. The average Bonchev–Trinajstić information content (AvgIpc) is 2.67. The number of allylic oxidation sites excluding steroid dienone is 1. The van der Waals surface area contributed by atoms with E-state index in [0.717, 1.165) is 18.7 Å². The van der Waals surface area contributed by atoms with Gasteiger partial charge in [0.15, 0.2) is 0 Å². The quantitative estimate of drug-likeness (QED) is 0.546. The second-order valence-corrected chi connectivity index (χ2v) is 3.40. The smallest absolute Gasteiger partial charge is 0.330 e. The van der Waals surface area contributed by atoms with Crippen LogP contribution in [0.25, 0.3) is 0 Å². The van der Waals surface area contributed by atoms with E-state index in [1.54, 1.807) is 19.2 Å². The third-order valence-electron chi connectivity index (χ3n) is 2.12. The summed E-state index contributed by atoms with van der Waals surface area (Å²) >= 11 is 0. The molecule has 0 saturated carbocycles. The topological polar surface area (TPSA) is 44.1 Å². The summed E-state index contributed by atoms with van der Waals surface area (Å²) in [6, 6.07) is 0. The van der Waals surface area contributed by atoms with Gasteiger partial charge in [-0.3, -0.25) is 0 Å². The number of imidazole rings is 1. The van der Waals surface area contributed by atoms with Gasteiger partial charge in [0.1, 0.15) is 5.82 Å². The van der Waals surface area contributed by atoms with Crippen molar-refractivity contribution >= 4 is 5.97 Å². The SMILES string of the molecule is CCCc1nccn1C/C=C/C(=O)OCC. The van der Waals surface area contributed by atoms with Gasteiger partial charge in [-0.2, -0.15) is 0 Å². The van der Waals surface area contributed by atoms with Crippen molar-refractivity contribution in [2.24, 2.45) is 0 Å². The van der Waals surface area contributed by atoms with Crippen molar-refractivity contribution in [2.45, 2.75) is 33.2 Å². The maximum atomic E-state index is 11.0. The highest BCUT2D eigenvalue weighted by molar-refractivity contribution is 5.81. The summed E-state index contributed by atoms with van der Waals surface area (Å²) in [5, 5.41) is 0. The minimum absolute atomic E-state index is 0.292. The summed E-state index contributed by atoms with van der Waals surface area (Å²) in [4.78, 5) is 15.3. The summed E-state index contributed by atoms with van der Waals surface area (Å²) in [6.45, 7) is 4.98. The van der Waals surface area contributed by atoms with E-state index in [4.69, 9.17) is 4.74 Å². The van der Waals surface area contributed by atoms with Crippen LogP contribution in [0.4, 0.5) is 0 Å². The molecule has 0 aliphatic heterocycles. The molecule has 0 unspecified atom stereocenters. The fourth-order valence-corrected chi connectivity index (χ4v) is 1.41. The van der Waals surface area contributed by atoms with Gasteiger partial charge in [0.2, 0.25) is 0 Å². The van der Waals surface area contributed by atoms with E-state index >= 15 is 0 Å². The Bertz CT molecular complexity index is 356. The standard InChI is InChI=1S/C12H18N2O2/c1-3-6-11-13-8-10-14(11)9-5-7-12(15)16-4-2/h5,7-8,10H,3-4,6,9H2,1-2H3/b7-5+. The van der Waals surface area contributed by atoms with Crippen LogP contribution in [0.3, 0.4) is 0 Å². The first kappa shape index (κ1) is 12.5. The molecular weight excluding hydrogens is 204 g/mol. The predicted molar refractivity (Wildman–Crippen MR) is 62.0 cm³/mol. The zero-order valence-corrected chi connectivity index (χ0v) is 9.85. The van der Waals surface area contributed by atoms with Crippen LogP contribution in [-0.2, 0) is 22.5 Å². The lowest BCUT2D eigenvalue weighted by atomic mass is 10.3. The molecular formula is C12H18N2O2. The molecule has 0 fully saturated rings. The van der Waals surface area contributed by atoms with E-state index in [1.165, 1.54) is 6.08 Å². The van der Waals surface area contributed by atoms with Crippen molar-refractivity contribution < 1.29 is 9.53 Å². The van der Waals surface area contributed by atoms with Crippen molar-refractivity contribution in [3.63, 3.8) is 0 Å². The van der Waals surface area contributed by atoms with E-state index in [2.05, 4.69) is 11.9 Å². The highest BCUT2D eigenvalue weighted by Crippen LogP contribution is 2.01. The van der Waals surface area contributed by atoms with Crippen molar-refractivity contribution in [3.8, 4) is 0 Å². The number of ether oxygens (including phenoxy) is 1. The monoisotopic (exact) mass is 222 g/mol. The molecule has 0 amide bonds. The van der Waals surface area contributed by atoms with Crippen molar-refractivity contribution in [3.05, 3.63) is 30.4 Å². The zero-order chi connectivity index (χ0) is 11.8. The minimum Gasteiger partial charge on any atom is -0.463 e. The van der Waals surface area contributed by atoms with Crippen LogP contribution in [0.15, 0.2) is 24.5 Å². The number of aromatic nitrogens is 2. The number of aryl methyl sites for hydroxylation is 1. The first-order chi connectivity index (χ1) is 7.77. The van der Waals surface area contributed by atoms with Crippen molar-refractivity contribution in [1.29, 1.82) is 0 Å². The minimum atomic E-state index is -0.292. The van der Waals surface area contributed by atoms with Gasteiger partial charge in [0, 0.05) is 31.4 Å². The maximum absolute atomic E-state index is 11.0. The fourth-order valence-electron chi connectivity index (χ4n) is 1.41. The third-order valence-corrected chi connectivity index (χ3v) is 2.12. The normalized spacial score (nSPS) is 10.9. The number of hydrogen-bond acceptors (Lipinski definition) is 3. The molecule has 0 atom stereocenters. The summed E-state index contributed by atoms with van der Waals surface area (Å²) in [7, 11) is 0. The molecule has 0 N–H and O–H groups in total. The van der Waals surface area contributed by atoms with Crippen molar-refractivity contribution in [2.75, 3.05) is 6.61 Å². The Labute approximate surface area is 95.9 Å². The molecule has 1 aromatic rings. The second-order valence-electron chi connectivity index (χ2n) is 3.40. The predicted octanol–water partition coefficient (Wildman–Crippen LogP) is 1.95. The van der Waals surface area contributed by atoms with Gasteiger partial charge < -0.3 is 9.30 Å². The molecule has 0 bridgehead atoms. The van der Waals surface area contributed by atoms with Gasteiger partial charge in [0.05, 0.1) is 6.61 Å². The van der Waals surface area contributed by atoms with E-state index in [9.17, 15) is 4.79 Å². The highest BCUT2D eigenvalue weighted by Gasteiger charge is 1.99. The van der Waals surface area contributed by atoms with Gasteiger partial charge in [-0.15, -0.1) is 0 Å². The summed E-state index contributed by atoms with van der Waals surface area (Å²) in [5.74, 6) is 0.760. The molecule has 0 spiro atoms. The Kier molecular flexibility index (Phi) is 5.32. The van der Waals surface area contributed by atoms with Gasteiger partial charge >= 0.3 is 5.97 Å². The molecule has 16 heavy (non-hydrogen) atoms. The summed E-state index contributed by atoms with van der Waals surface area (Å²) in [6.07, 6.45) is 8.97. The van der Waals surface area contributed by atoms with E-state index in [0.29, 0.717) is 13.2 Å². The molecule has 1 heterocycles. The molecule has 0 saturated heterocycles. The molecule has 0 radical (unpaired) electrons. The van der Waals surface area contributed by atoms with Gasteiger partial charge in [-0.25, -0.2) is 9.78 Å². The summed E-state index contributed by atoms with van der Waals surface area (Å²) < 4.78 is 6.82. The highest BCUT2D eigenvalue weighted by atomic mass is 16.5. The van der Waals surface area contributed by atoms with Crippen LogP contribution >= 0.6 is 0 Å². The number of hydrogen-bond donors (Lipinski definition) is 0. The molecule has 1 aromatic heterocycles. The largest absolute Gasteiger partial charge is 0.463 e. The Morgan fingerprint density at radius 2 is 2.38 bits per heavy atom. The molecule has 0 aliphatic rings. The average molecular weight is 222 g/mol. The molecule has 4 heteroatoms. The van der Waals surface area contributed by atoms with Crippen LogP contribution in [0, 0.1) is 0 Å². The van der Waals surface area contributed by atoms with Gasteiger partial charge in [0.25, 0.3) is 0 Å². The molecule has 1 rings (SSSR count). The number of nitrogens with zero attached hydrogens (tertiary/aromatic N) is 2. The Hall–Kier alpha value is -1.58.